The van der Waals surface area contributed by atoms with Gasteiger partial charge in [0.1, 0.15) is 6.04 Å². The Morgan fingerprint density at radius 1 is 1.44 bits per heavy atom. The highest BCUT2D eigenvalue weighted by atomic mass is 16.5. The molecule has 1 unspecified atom stereocenters. The fourth-order valence-electron chi connectivity index (χ4n) is 1.57. The van der Waals surface area contributed by atoms with Crippen LogP contribution < -0.4 is 15.5 Å². The average molecular weight is 247 g/mol. The predicted molar refractivity (Wildman–Crippen MR) is 70.9 cm³/mol. The monoisotopic (exact) mass is 247 g/mol. The normalized spacial score (nSPS) is 17.7. The van der Waals surface area contributed by atoms with E-state index in [2.05, 4.69) is 25.8 Å². The summed E-state index contributed by atoms with van der Waals surface area (Å²) < 4.78 is 5.23. The van der Waals surface area contributed by atoms with Gasteiger partial charge in [-0.25, -0.2) is 9.97 Å². The molecule has 1 aromatic heterocycles. The van der Waals surface area contributed by atoms with Crippen LogP contribution in [0.1, 0.15) is 25.7 Å². The van der Waals surface area contributed by atoms with E-state index < -0.39 is 0 Å². The minimum atomic E-state index is -0.103. The molecule has 2 rings (SSSR count). The molecule has 6 heteroatoms. The third-order valence-electron chi connectivity index (χ3n) is 2.38. The molecule has 96 valence electrons. The van der Waals surface area contributed by atoms with Crippen molar-refractivity contribution in [2.75, 3.05) is 12.4 Å². The van der Waals surface area contributed by atoms with E-state index in [1.54, 1.807) is 19.5 Å². The molecule has 1 atom stereocenters. The van der Waals surface area contributed by atoms with Gasteiger partial charge in [-0.1, -0.05) is 6.08 Å². The molecule has 1 aliphatic rings. The highest BCUT2D eigenvalue weighted by molar-refractivity contribution is 5.71. The number of methoxy groups -OCH3 is 1. The Hall–Kier alpha value is -2.11. The Labute approximate surface area is 106 Å². The first kappa shape index (κ1) is 12.3. The van der Waals surface area contributed by atoms with Crippen LogP contribution in [0.5, 0.6) is 5.75 Å². The van der Waals surface area contributed by atoms with Crippen LogP contribution in [0.15, 0.2) is 23.5 Å². The zero-order chi connectivity index (χ0) is 13.0. The number of aromatic nitrogens is 2. The van der Waals surface area contributed by atoms with E-state index in [9.17, 15) is 0 Å². The fraction of sp³-hybridized carbons (Fsp3) is 0.417. The van der Waals surface area contributed by atoms with Crippen LogP contribution in [0.2, 0.25) is 0 Å². The number of nitrogens with zero attached hydrogens (tertiary/aromatic N) is 3. The lowest BCUT2D eigenvalue weighted by molar-refractivity contribution is 0.411. The van der Waals surface area contributed by atoms with Crippen LogP contribution in [0.25, 0.3) is 0 Å². The predicted octanol–water partition coefficient (Wildman–Crippen LogP) is 1.49. The van der Waals surface area contributed by atoms with E-state index in [1.807, 2.05) is 26.0 Å². The first-order valence-electron chi connectivity index (χ1n) is 5.83. The standard InChI is InChI=1S/C12H17N5O/c1-8(2)15-12-10(18-3)7-13-11(16-12)9-5-4-6-14-17-9/h4-9,17H,1-3H3,(H,13,15,16). The summed E-state index contributed by atoms with van der Waals surface area (Å²) in [6.45, 7) is 4.09. The number of nitrogens with one attached hydrogen (secondary N) is 2. The molecule has 0 bridgehead atoms. The molecule has 0 spiro atoms. The lowest BCUT2D eigenvalue weighted by atomic mass is 10.2. The van der Waals surface area contributed by atoms with Crippen molar-refractivity contribution in [2.24, 2.45) is 5.10 Å². The van der Waals surface area contributed by atoms with Crippen molar-refractivity contribution in [3.63, 3.8) is 0 Å². The second-order valence-electron chi connectivity index (χ2n) is 4.21. The van der Waals surface area contributed by atoms with Gasteiger partial charge in [-0.3, -0.25) is 5.43 Å². The molecule has 2 N–H and O–H groups in total. The average Bonchev–Trinajstić information content (AvgIpc) is 2.39. The molecule has 18 heavy (non-hydrogen) atoms. The number of rotatable bonds is 4. The Balaban J connectivity index is 2.27. The number of hydrogen-bond donors (Lipinski definition) is 2. The first-order chi connectivity index (χ1) is 8.70. The maximum atomic E-state index is 5.23. The highest BCUT2D eigenvalue weighted by Crippen LogP contribution is 2.23. The summed E-state index contributed by atoms with van der Waals surface area (Å²) in [5.74, 6) is 1.99. The Bertz CT molecular complexity index is 470. The van der Waals surface area contributed by atoms with Crippen molar-refractivity contribution >= 4 is 12.0 Å². The fourth-order valence-corrected chi connectivity index (χ4v) is 1.57. The van der Waals surface area contributed by atoms with Crippen molar-refractivity contribution in [2.45, 2.75) is 25.9 Å². The minimum absolute atomic E-state index is 0.103. The van der Waals surface area contributed by atoms with Crippen LogP contribution in [-0.4, -0.2) is 29.3 Å². The van der Waals surface area contributed by atoms with Gasteiger partial charge in [0, 0.05) is 12.3 Å². The second kappa shape index (κ2) is 5.48. The van der Waals surface area contributed by atoms with E-state index in [-0.39, 0.29) is 12.1 Å². The summed E-state index contributed by atoms with van der Waals surface area (Å²) in [4.78, 5) is 8.75. The number of hydrazone groups is 1. The molecule has 0 amide bonds. The third-order valence-corrected chi connectivity index (χ3v) is 2.38. The van der Waals surface area contributed by atoms with E-state index in [1.165, 1.54) is 0 Å². The van der Waals surface area contributed by atoms with Gasteiger partial charge in [-0.15, -0.1) is 0 Å². The number of anilines is 1. The summed E-state index contributed by atoms with van der Waals surface area (Å²) in [6, 6.07) is 0.170. The van der Waals surface area contributed by atoms with Gasteiger partial charge < -0.3 is 10.1 Å². The van der Waals surface area contributed by atoms with Crippen LogP contribution in [0, 0.1) is 0 Å². The second-order valence-corrected chi connectivity index (χ2v) is 4.21. The zero-order valence-electron chi connectivity index (χ0n) is 10.7. The van der Waals surface area contributed by atoms with Gasteiger partial charge in [-0.2, -0.15) is 5.10 Å². The van der Waals surface area contributed by atoms with Crippen molar-refractivity contribution in [3.05, 3.63) is 24.2 Å². The molecule has 0 saturated carbocycles. The topological polar surface area (TPSA) is 71.4 Å². The lowest BCUT2D eigenvalue weighted by Gasteiger charge is -2.17. The Morgan fingerprint density at radius 2 is 2.28 bits per heavy atom. The summed E-state index contributed by atoms with van der Waals surface area (Å²) in [7, 11) is 1.60. The summed E-state index contributed by atoms with van der Waals surface area (Å²) in [6.07, 6.45) is 7.17. The van der Waals surface area contributed by atoms with Crippen LogP contribution in [-0.2, 0) is 0 Å². The van der Waals surface area contributed by atoms with E-state index in [0.717, 1.165) is 0 Å². The van der Waals surface area contributed by atoms with Crippen LogP contribution in [0.4, 0.5) is 5.82 Å². The van der Waals surface area contributed by atoms with Gasteiger partial charge in [0.15, 0.2) is 17.4 Å². The summed E-state index contributed by atoms with van der Waals surface area (Å²) >= 11 is 0. The summed E-state index contributed by atoms with van der Waals surface area (Å²) in [5.41, 5.74) is 2.94. The molecule has 0 radical (unpaired) electrons. The van der Waals surface area contributed by atoms with Gasteiger partial charge >= 0.3 is 0 Å². The molecule has 0 saturated heterocycles. The first-order valence-corrected chi connectivity index (χ1v) is 5.83. The Morgan fingerprint density at radius 3 is 2.89 bits per heavy atom. The number of ether oxygens (including phenoxy) is 1. The van der Waals surface area contributed by atoms with Crippen molar-refractivity contribution in [3.8, 4) is 5.75 Å². The molecule has 1 aliphatic heterocycles. The van der Waals surface area contributed by atoms with E-state index in [4.69, 9.17) is 4.74 Å². The molecule has 1 aromatic rings. The maximum absolute atomic E-state index is 5.23. The lowest BCUT2D eigenvalue weighted by Crippen LogP contribution is -2.20. The molecule has 6 nitrogen and oxygen atoms in total. The van der Waals surface area contributed by atoms with Crippen molar-refractivity contribution in [1.29, 1.82) is 0 Å². The van der Waals surface area contributed by atoms with Gasteiger partial charge in [-0.05, 0) is 19.9 Å². The van der Waals surface area contributed by atoms with Crippen LogP contribution in [0.3, 0.4) is 0 Å². The zero-order valence-corrected chi connectivity index (χ0v) is 10.7. The SMILES string of the molecule is COc1cnc(C2C=CC=NN2)nc1NC(C)C. The van der Waals surface area contributed by atoms with Gasteiger partial charge in [0.2, 0.25) is 0 Å². The molecular weight excluding hydrogens is 230 g/mol. The molecule has 0 fully saturated rings. The third kappa shape index (κ3) is 2.77. The van der Waals surface area contributed by atoms with Crippen molar-refractivity contribution < 1.29 is 4.74 Å². The maximum Gasteiger partial charge on any atom is 0.179 e. The largest absolute Gasteiger partial charge is 0.491 e. The number of allylic oxidation sites excluding steroid dienone is 1. The van der Waals surface area contributed by atoms with Crippen molar-refractivity contribution in [1.82, 2.24) is 15.4 Å². The highest BCUT2D eigenvalue weighted by Gasteiger charge is 2.15. The smallest absolute Gasteiger partial charge is 0.179 e. The summed E-state index contributed by atoms with van der Waals surface area (Å²) in [5, 5.41) is 7.21. The Kier molecular flexibility index (Phi) is 3.76. The molecular formula is C12H17N5O. The molecule has 0 aromatic carbocycles. The minimum Gasteiger partial charge on any atom is -0.491 e. The number of hydrogen-bond acceptors (Lipinski definition) is 6. The van der Waals surface area contributed by atoms with Gasteiger partial charge in [0.05, 0.1) is 13.3 Å². The molecule has 0 aliphatic carbocycles. The van der Waals surface area contributed by atoms with Gasteiger partial charge in [0.25, 0.3) is 0 Å². The van der Waals surface area contributed by atoms with E-state index >= 15 is 0 Å². The van der Waals surface area contributed by atoms with Crippen LogP contribution >= 0.6 is 0 Å². The quantitative estimate of drug-likeness (QED) is 0.843. The van der Waals surface area contributed by atoms with E-state index in [0.29, 0.717) is 17.4 Å². The molecule has 2 heterocycles.